The van der Waals surface area contributed by atoms with Crippen LogP contribution in [0.5, 0.6) is 0 Å². The number of amides is 1. The van der Waals surface area contributed by atoms with Gasteiger partial charge in [-0.05, 0) is 63.4 Å². The monoisotopic (exact) mass is 432 g/mol. The lowest BCUT2D eigenvalue weighted by Crippen LogP contribution is -2.38. The molecule has 0 unspecified atom stereocenters. The molecule has 0 aliphatic heterocycles. The Morgan fingerprint density at radius 1 is 1.00 bits per heavy atom. The fourth-order valence-electron chi connectivity index (χ4n) is 3.35. The van der Waals surface area contributed by atoms with Crippen LogP contribution in [0.25, 0.3) is 0 Å². The van der Waals surface area contributed by atoms with E-state index in [-0.39, 0.29) is 13.2 Å². The molecular weight excluding hydrogens is 404 g/mol. The van der Waals surface area contributed by atoms with Gasteiger partial charge in [0.15, 0.2) is 0 Å². The quantitative estimate of drug-likeness (QED) is 0.676. The smallest absolute Gasteiger partial charge is 0.338 e. The first-order valence-electron chi connectivity index (χ1n) is 9.57. The minimum Gasteiger partial charge on any atom is -0.462 e. The SMILES string of the molecule is CCOC(=O)c1ccc(C)c(NC(=O)CN(c2c(C)cc(C)cc2C)S(C)(=O)=O)c1. The highest BCUT2D eigenvalue weighted by Gasteiger charge is 2.24. The maximum atomic E-state index is 12.8. The van der Waals surface area contributed by atoms with E-state index in [2.05, 4.69) is 5.32 Å². The summed E-state index contributed by atoms with van der Waals surface area (Å²) in [6, 6.07) is 8.60. The lowest BCUT2D eigenvalue weighted by atomic mass is 10.1. The van der Waals surface area contributed by atoms with Gasteiger partial charge in [0, 0.05) is 5.69 Å². The number of anilines is 2. The van der Waals surface area contributed by atoms with Gasteiger partial charge in [-0.1, -0.05) is 23.8 Å². The summed E-state index contributed by atoms with van der Waals surface area (Å²) < 4.78 is 31.1. The molecule has 0 aliphatic rings. The molecule has 0 aliphatic carbocycles. The number of carbonyl (C=O) groups excluding carboxylic acids is 2. The molecule has 162 valence electrons. The Morgan fingerprint density at radius 3 is 2.13 bits per heavy atom. The molecule has 0 aromatic heterocycles. The lowest BCUT2D eigenvalue weighted by Gasteiger charge is -2.26. The standard InChI is InChI=1S/C22H28N2O5S/c1-7-29-22(26)18-9-8-15(3)19(12-18)23-20(25)13-24(30(6,27)28)21-16(4)10-14(2)11-17(21)5/h8-12H,7,13H2,1-6H3,(H,23,25). The third-order valence-electron chi connectivity index (χ3n) is 4.60. The van der Waals surface area contributed by atoms with Crippen molar-refractivity contribution in [3.63, 3.8) is 0 Å². The maximum absolute atomic E-state index is 12.8. The predicted molar refractivity (Wildman–Crippen MR) is 119 cm³/mol. The Balaban J connectivity index is 2.33. The van der Waals surface area contributed by atoms with Crippen LogP contribution in [0, 0.1) is 27.7 Å². The zero-order valence-electron chi connectivity index (χ0n) is 18.2. The number of esters is 1. The van der Waals surface area contributed by atoms with Crippen LogP contribution in [-0.2, 0) is 19.6 Å². The summed E-state index contributed by atoms with van der Waals surface area (Å²) in [5, 5.41) is 2.72. The van der Waals surface area contributed by atoms with Gasteiger partial charge in [0.05, 0.1) is 24.1 Å². The molecule has 0 atom stereocenters. The third kappa shape index (κ3) is 5.60. The first-order valence-corrected chi connectivity index (χ1v) is 11.4. The van der Waals surface area contributed by atoms with Gasteiger partial charge in [0.1, 0.15) is 6.54 Å². The van der Waals surface area contributed by atoms with Crippen molar-refractivity contribution in [2.75, 3.05) is 29.0 Å². The second-order valence-electron chi connectivity index (χ2n) is 7.32. The predicted octanol–water partition coefficient (Wildman–Crippen LogP) is 3.50. The van der Waals surface area contributed by atoms with Crippen LogP contribution in [0.2, 0.25) is 0 Å². The Labute approximate surface area is 178 Å². The van der Waals surface area contributed by atoms with Crippen LogP contribution in [-0.4, -0.2) is 39.7 Å². The van der Waals surface area contributed by atoms with Crippen LogP contribution in [0.15, 0.2) is 30.3 Å². The van der Waals surface area contributed by atoms with Gasteiger partial charge in [-0.3, -0.25) is 9.10 Å². The summed E-state index contributed by atoms with van der Waals surface area (Å²) >= 11 is 0. The number of hydrogen-bond acceptors (Lipinski definition) is 5. The molecule has 0 fully saturated rings. The first-order chi connectivity index (χ1) is 13.9. The Kier molecular flexibility index (Phi) is 7.25. The fraction of sp³-hybridized carbons (Fsp3) is 0.364. The normalized spacial score (nSPS) is 11.1. The van der Waals surface area contributed by atoms with Gasteiger partial charge in [-0.15, -0.1) is 0 Å². The fourth-order valence-corrected chi connectivity index (χ4v) is 4.32. The van der Waals surface area contributed by atoms with E-state index < -0.39 is 21.9 Å². The number of nitrogens with zero attached hydrogens (tertiary/aromatic N) is 1. The molecular formula is C22H28N2O5S. The topological polar surface area (TPSA) is 92.8 Å². The van der Waals surface area contributed by atoms with Crippen LogP contribution < -0.4 is 9.62 Å². The molecule has 0 saturated carbocycles. The highest BCUT2D eigenvalue weighted by Crippen LogP contribution is 2.28. The highest BCUT2D eigenvalue weighted by atomic mass is 32.2. The molecule has 0 bridgehead atoms. The van der Waals surface area contributed by atoms with E-state index in [0.29, 0.717) is 16.9 Å². The molecule has 0 radical (unpaired) electrons. The number of nitrogens with one attached hydrogen (secondary N) is 1. The number of hydrogen-bond donors (Lipinski definition) is 1. The average Bonchev–Trinajstić information content (AvgIpc) is 2.61. The largest absolute Gasteiger partial charge is 0.462 e. The number of rotatable bonds is 7. The molecule has 1 N–H and O–H groups in total. The molecule has 2 aromatic rings. The average molecular weight is 433 g/mol. The van der Waals surface area contributed by atoms with Crippen LogP contribution in [0.1, 0.15) is 39.5 Å². The van der Waals surface area contributed by atoms with E-state index in [0.717, 1.165) is 32.8 Å². The Hall–Kier alpha value is -2.87. The van der Waals surface area contributed by atoms with Gasteiger partial charge < -0.3 is 10.1 Å². The third-order valence-corrected chi connectivity index (χ3v) is 5.71. The summed E-state index contributed by atoms with van der Waals surface area (Å²) in [4.78, 5) is 24.7. The van der Waals surface area contributed by atoms with Crippen molar-refractivity contribution in [1.82, 2.24) is 0 Å². The summed E-state index contributed by atoms with van der Waals surface area (Å²) in [5.41, 5.74) is 4.52. The minimum absolute atomic E-state index is 0.243. The van der Waals surface area contributed by atoms with E-state index in [4.69, 9.17) is 4.74 Å². The number of aryl methyl sites for hydroxylation is 4. The summed E-state index contributed by atoms with van der Waals surface area (Å²) in [7, 11) is -3.70. The molecule has 30 heavy (non-hydrogen) atoms. The number of benzene rings is 2. The molecule has 7 nitrogen and oxygen atoms in total. The van der Waals surface area contributed by atoms with Crippen LogP contribution in [0.4, 0.5) is 11.4 Å². The number of carbonyl (C=O) groups is 2. The molecule has 2 aromatic carbocycles. The van der Waals surface area contributed by atoms with Crippen molar-refractivity contribution in [1.29, 1.82) is 0 Å². The summed E-state index contributed by atoms with van der Waals surface area (Å²) in [6.45, 7) is 8.92. The molecule has 2 rings (SSSR count). The van der Waals surface area contributed by atoms with E-state index in [9.17, 15) is 18.0 Å². The second-order valence-corrected chi connectivity index (χ2v) is 9.22. The van der Waals surface area contributed by atoms with Crippen molar-refractivity contribution in [3.8, 4) is 0 Å². The molecule has 0 saturated heterocycles. The van der Waals surface area contributed by atoms with Gasteiger partial charge in [0.2, 0.25) is 15.9 Å². The zero-order valence-corrected chi connectivity index (χ0v) is 19.0. The van der Waals surface area contributed by atoms with E-state index in [1.54, 1.807) is 26.0 Å². The van der Waals surface area contributed by atoms with E-state index >= 15 is 0 Å². The van der Waals surface area contributed by atoms with Crippen LogP contribution in [0.3, 0.4) is 0 Å². The van der Waals surface area contributed by atoms with Crippen molar-refractivity contribution >= 4 is 33.3 Å². The first kappa shape index (κ1) is 23.4. The van der Waals surface area contributed by atoms with Gasteiger partial charge in [-0.2, -0.15) is 0 Å². The molecule has 1 amide bonds. The molecule has 0 heterocycles. The zero-order chi connectivity index (χ0) is 22.6. The number of ether oxygens (including phenoxy) is 1. The van der Waals surface area contributed by atoms with Crippen molar-refractivity contribution in [3.05, 3.63) is 58.1 Å². The van der Waals surface area contributed by atoms with Crippen molar-refractivity contribution < 1.29 is 22.7 Å². The van der Waals surface area contributed by atoms with Gasteiger partial charge >= 0.3 is 5.97 Å². The summed E-state index contributed by atoms with van der Waals surface area (Å²) in [5.74, 6) is -0.999. The second kappa shape index (κ2) is 9.30. The lowest BCUT2D eigenvalue weighted by molar-refractivity contribution is -0.114. The molecule has 8 heteroatoms. The minimum atomic E-state index is -3.70. The van der Waals surface area contributed by atoms with Gasteiger partial charge in [0.25, 0.3) is 0 Å². The van der Waals surface area contributed by atoms with Gasteiger partial charge in [-0.25, -0.2) is 13.2 Å². The van der Waals surface area contributed by atoms with Crippen LogP contribution >= 0.6 is 0 Å². The van der Waals surface area contributed by atoms with E-state index in [1.165, 1.54) is 6.07 Å². The maximum Gasteiger partial charge on any atom is 0.338 e. The van der Waals surface area contributed by atoms with Crippen molar-refractivity contribution in [2.45, 2.75) is 34.6 Å². The number of sulfonamides is 1. The van der Waals surface area contributed by atoms with E-state index in [1.807, 2.05) is 32.9 Å². The molecule has 0 spiro atoms. The summed E-state index contributed by atoms with van der Waals surface area (Å²) in [6.07, 6.45) is 1.08. The van der Waals surface area contributed by atoms with Crippen molar-refractivity contribution in [2.24, 2.45) is 0 Å². The Morgan fingerprint density at radius 2 is 1.60 bits per heavy atom. The Bertz CT molecular complexity index is 1050. The highest BCUT2D eigenvalue weighted by molar-refractivity contribution is 7.92.